The molecule has 10 rings (SSSR count). The van der Waals surface area contributed by atoms with Crippen LogP contribution in [0.5, 0.6) is 23.0 Å². The van der Waals surface area contributed by atoms with Crippen molar-refractivity contribution in [1.82, 2.24) is 0 Å². The van der Waals surface area contributed by atoms with Crippen LogP contribution in [-0.2, 0) is 9.59 Å². The molecule has 8 aromatic rings. The minimum atomic E-state index is -0.468. The second-order valence-electron chi connectivity index (χ2n) is 15.3. The lowest BCUT2D eigenvalue weighted by Crippen LogP contribution is -2.38. The Bertz CT molecular complexity index is 3240. The Kier molecular flexibility index (Phi) is 11.3. The second-order valence-corrected chi connectivity index (χ2v) is 15.3. The lowest BCUT2D eigenvalue weighted by atomic mass is 10.0. The average molecular weight is 859 g/mol. The number of ketones is 1. The summed E-state index contributed by atoms with van der Waals surface area (Å²) >= 11 is 0. The van der Waals surface area contributed by atoms with Gasteiger partial charge in [0.2, 0.25) is 0 Å². The predicted octanol–water partition coefficient (Wildman–Crippen LogP) is 12.2. The van der Waals surface area contributed by atoms with Gasteiger partial charge in [-0.3, -0.25) is 24.2 Å². The van der Waals surface area contributed by atoms with E-state index in [1.807, 2.05) is 176 Å². The van der Waals surface area contributed by atoms with Crippen LogP contribution in [0.25, 0.3) is 12.2 Å². The van der Waals surface area contributed by atoms with Gasteiger partial charge in [-0.05, 0) is 90.0 Å². The van der Waals surface area contributed by atoms with Gasteiger partial charge in [-0.2, -0.15) is 0 Å². The number of nitrogens with zero attached hydrogens (tertiary/aromatic N) is 4. The number of anilines is 2. The zero-order chi connectivity index (χ0) is 44.8. The Morgan fingerprint density at radius 1 is 0.394 bits per heavy atom. The van der Waals surface area contributed by atoms with Crippen molar-refractivity contribution in [2.45, 2.75) is 0 Å². The third-order valence-corrected chi connectivity index (χ3v) is 10.8. The first-order chi connectivity index (χ1) is 32.4. The van der Waals surface area contributed by atoms with Crippen LogP contribution in [0.2, 0.25) is 0 Å². The first kappa shape index (κ1) is 40.8. The largest absolute Gasteiger partial charge is 0.457 e. The number of hydrogen-bond acceptors (Lipinski definition) is 7. The third-order valence-electron chi connectivity index (χ3n) is 10.8. The molecule has 2 amide bonds. The monoisotopic (exact) mass is 858 g/mol. The van der Waals surface area contributed by atoms with Crippen molar-refractivity contribution in [3.8, 4) is 23.0 Å². The highest BCUT2D eigenvalue weighted by Gasteiger charge is 2.40. The number of carbonyl (C=O) groups is 3. The number of amides is 2. The molecule has 0 bridgehead atoms. The number of amidine groups is 2. The molecule has 0 atom stereocenters. The van der Waals surface area contributed by atoms with Crippen molar-refractivity contribution < 1.29 is 23.9 Å². The maximum absolute atomic E-state index is 15.2. The molecule has 9 nitrogen and oxygen atoms in total. The quantitative estimate of drug-likeness (QED) is 0.0899. The fourth-order valence-electron chi connectivity index (χ4n) is 7.73. The molecule has 0 aliphatic carbocycles. The first-order valence-corrected chi connectivity index (χ1v) is 21.3. The summed E-state index contributed by atoms with van der Waals surface area (Å²) in [7, 11) is 0. The first-order valence-electron chi connectivity index (χ1n) is 21.3. The highest BCUT2D eigenvalue weighted by molar-refractivity contribution is 6.38. The van der Waals surface area contributed by atoms with Gasteiger partial charge in [-0.15, -0.1) is 0 Å². The number of carbonyl (C=O) groups excluding carboxylic acids is 3. The lowest BCUT2D eigenvalue weighted by molar-refractivity contribution is -0.114. The molecule has 8 aromatic carbocycles. The number of rotatable bonds is 12. The minimum Gasteiger partial charge on any atom is -0.457 e. The summed E-state index contributed by atoms with van der Waals surface area (Å²) in [4.78, 5) is 57.4. The summed E-state index contributed by atoms with van der Waals surface area (Å²) in [5.74, 6) is 1.99. The highest BCUT2D eigenvalue weighted by Crippen LogP contribution is 2.40. The zero-order valence-corrected chi connectivity index (χ0v) is 35.3. The van der Waals surface area contributed by atoms with E-state index in [0.717, 1.165) is 0 Å². The third kappa shape index (κ3) is 8.60. The van der Waals surface area contributed by atoms with Gasteiger partial charge in [0.25, 0.3) is 11.8 Å². The van der Waals surface area contributed by atoms with Crippen LogP contribution in [0.4, 0.5) is 11.4 Å². The molecule has 0 saturated carbocycles. The maximum atomic E-state index is 15.2. The lowest BCUT2D eigenvalue weighted by Gasteiger charge is -2.27. The van der Waals surface area contributed by atoms with Gasteiger partial charge in [0.05, 0.1) is 11.4 Å². The van der Waals surface area contributed by atoms with E-state index < -0.39 is 11.8 Å². The molecule has 9 heteroatoms. The van der Waals surface area contributed by atoms with Crippen molar-refractivity contribution in [2.75, 3.05) is 9.80 Å². The van der Waals surface area contributed by atoms with Crippen LogP contribution < -0.4 is 19.3 Å². The molecule has 2 aliphatic heterocycles. The molecule has 0 fully saturated rings. The second kappa shape index (κ2) is 18.3. The van der Waals surface area contributed by atoms with E-state index in [2.05, 4.69) is 0 Å². The van der Waals surface area contributed by atoms with E-state index in [-0.39, 0.29) is 22.9 Å². The molecule has 2 aliphatic rings. The Morgan fingerprint density at radius 2 is 0.803 bits per heavy atom. The van der Waals surface area contributed by atoms with Gasteiger partial charge in [0.15, 0.2) is 5.78 Å². The molecular weight excluding hydrogens is 821 g/mol. The van der Waals surface area contributed by atoms with Gasteiger partial charge in [-0.1, -0.05) is 152 Å². The standard InChI is InChI=1S/C57H38N4O5/c62-53(41-20-6-1-7-21-41)44-32-33-51(60-54(42-22-8-2-9-23-42)58-49(56(60)63)36-39-18-16-30-47(34-39)65-45-26-12-4-13-27-45)52(38-44)61-55(43-24-10-3-11-25-43)59-50(57(61)64)37-40-19-17-31-48(35-40)66-46-28-14-5-15-29-46/h1-38H/b49-36?,50-37-. The van der Waals surface area contributed by atoms with E-state index >= 15 is 9.59 Å². The molecular formula is C57H38N4O5. The van der Waals surface area contributed by atoms with E-state index in [0.29, 0.717) is 73.7 Å². The van der Waals surface area contributed by atoms with Crippen molar-refractivity contribution in [2.24, 2.45) is 9.98 Å². The summed E-state index contributed by atoms with van der Waals surface area (Å²) < 4.78 is 12.2. The maximum Gasteiger partial charge on any atom is 0.282 e. The van der Waals surface area contributed by atoms with Crippen molar-refractivity contribution in [3.63, 3.8) is 0 Å². The molecule has 2 heterocycles. The van der Waals surface area contributed by atoms with Crippen LogP contribution in [0.3, 0.4) is 0 Å². The number of benzene rings is 8. The van der Waals surface area contributed by atoms with E-state index in [4.69, 9.17) is 19.5 Å². The average Bonchev–Trinajstić information content (AvgIpc) is 3.86. The van der Waals surface area contributed by atoms with Gasteiger partial charge < -0.3 is 9.47 Å². The van der Waals surface area contributed by atoms with Gasteiger partial charge >= 0.3 is 0 Å². The summed E-state index contributed by atoms with van der Waals surface area (Å²) in [6.45, 7) is 0. The predicted molar refractivity (Wildman–Crippen MR) is 259 cm³/mol. The summed E-state index contributed by atoms with van der Waals surface area (Å²) in [6, 6.07) is 66.3. The van der Waals surface area contributed by atoms with E-state index in [9.17, 15) is 4.79 Å². The van der Waals surface area contributed by atoms with Crippen LogP contribution in [0.1, 0.15) is 38.2 Å². The molecule has 0 N–H and O–H groups in total. The zero-order valence-electron chi connectivity index (χ0n) is 35.3. The number of para-hydroxylation sites is 2. The summed E-state index contributed by atoms with van der Waals surface area (Å²) in [6.07, 6.45) is 3.42. The van der Waals surface area contributed by atoms with Crippen LogP contribution >= 0.6 is 0 Å². The van der Waals surface area contributed by atoms with Gasteiger partial charge in [-0.25, -0.2) is 9.98 Å². The molecule has 0 spiro atoms. The molecule has 316 valence electrons. The molecule has 0 unspecified atom stereocenters. The van der Waals surface area contributed by atoms with Crippen molar-refractivity contribution in [3.05, 3.63) is 263 Å². The van der Waals surface area contributed by atoms with Crippen molar-refractivity contribution in [1.29, 1.82) is 0 Å². The van der Waals surface area contributed by atoms with Crippen LogP contribution in [0.15, 0.2) is 240 Å². The van der Waals surface area contributed by atoms with E-state index in [1.165, 1.54) is 9.80 Å². The topological polar surface area (TPSA) is 101 Å². The Labute approximate surface area is 381 Å². The molecule has 66 heavy (non-hydrogen) atoms. The Morgan fingerprint density at radius 3 is 1.27 bits per heavy atom. The van der Waals surface area contributed by atoms with Crippen molar-refractivity contribution >= 4 is 52.8 Å². The summed E-state index contributed by atoms with van der Waals surface area (Å²) in [5, 5.41) is 0. The molecule has 0 saturated heterocycles. The smallest absolute Gasteiger partial charge is 0.282 e. The van der Waals surface area contributed by atoms with Crippen LogP contribution in [0, 0.1) is 0 Å². The van der Waals surface area contributed by atoms with Gasteiger partial charge in [0.1, 0.15) is 46.1 Å². The SMILES string of the molecule is O=C(c1ccccc1)c1ccc(N2C(=O)C(=Cc3cccc(Oc4ccccc4)c3)N=C2c2ccccc2)c(N2C(=O)/C(=C/c3cccc(Oc4ccccc4)c3)N=C2c2ccccc2)c1. The Balaban J connectivity index is 1.11. The summed E-state index contributed by atoms with van der Waals surface area (Å²) in [5.41, 5.74) is 4.31. The number of hydrogen-bond donors (Lipinski definition) is 0. The number of ether oxygens (including phenoxy) is 2. The van der Waals surface area contributed by atoms with E-state index in [1.54, 1.807) is 54.6 Å². The molecule has 0 aromatic heterocycles. The highest BCUT2D eigenvalue weighted by atomic mass is 16.5. The normalized spacial score (nSPS) is 14.7. The fraction of sp³-hybridized carbons (Fsp3) is 0. The minimum absolute atomic E-state index is 0.138. The molecule has 0 radical (unpaired) electrons. The van der Waals surface area contributed by atoms with Gasteiger partial charge in [0, 0.05) is 22.3 Å². The number of aliphatic imine (C=N–C) groups is 2. The fourth-order valence-corrected chi connectivity index (χ4v) is 7.73. The van der Waals surface area contributed by atoms with Crippen LogP contribution in [-0.4, -0.2) is 29.3 Å². The Hall–Kier alpha value is -9.21.